The molecule has 20 heavy (non-hydrogen) atoms. The molecule has 100 valence electrons. The van der Waals surface area contributed by atoms with Gasteiger partial charge in [-0.05, 0) is 37.1 Å². The Morgan fingerprint density at radius 3 is 2.35 bits per heavy atom. The van der Waals surface area contributed by atoms with Crippen LogP contribution in [0.5, 0.6) is 5.75 Å². The van der Waals surface area contributed by atoms with E-state index >= 15 is 0 Å². The van der Waals surface area contributed by atoms with Gasteiger partial charge < -0.3 is 9.52 Å². The van der Waals surface area contributed by atoms with Gasteiger partial charge in [0, 0.05) is 5.56 Å². The van der Waals surface area contributed by atoms with Gasteiger partial charge in [-0.3, -0.25) is 4.79 Å². The lowest BCUT2D eigenvalue weighted by Crippen LogP contribution is -2.03. The van der Waals surface area contributed by atoms with Crippen molar-refractivity contribution in [2.75, 3.05) is 0 Å². The lowest BCUT2D eigenvalue weighted by Gasteiger charge is -2.07. The second-order valence-electron chi connectivity index (χ2n) is 4.91. The molecule has 2 aromatic carbocycles. The number of hydrogen-bond acceptors (Lipinski definition) is 3. The molecule has 0 aliphatic carbocycles. The number of benzene rings is 2. The van der Waals surface area contributed by atoms with Gasteiger partial charge in [-0.15, -0.1) is 0 Å². The second kappa shape index (κ2) is 4.53. The molecule has 0 aliphatic heterocycles. The summed E-state index contributed by atoms with van der Waals surface area (Å²) in [5, 5.41) is 10.5. The molecule has 0 saturated heterocycles. The first kappa shape index (κ1) is 12.5. The Balaban J connectivity index is 2.39. The molecule has 1 N–H and O–H groups in total. The summed E-state index contributed by atoms with van der Waals surface area (Å²) >= 11 is 0. The normalized spacial score (nSPS) is 10.9. The molecule has 0 aliphatic rings. The Morgan fingerprint density at radius 1 is 1.00 bits per heavy atom. The molecule has 0 spiro atoms. The van der Waals surface area contributed by atoms with E-state index in [0.29, 0.717) is 16.5 Å². The van der Waals surface area contributed by atoms with Crippen molar-refractivity contribution in [1.82, 2.24) is 0 Å². The molecule has 3 heteroatoms. The van der Waals surface area contributed by atoms with E-state index in [2.05, 4.69) is 0 Å². The third kappa shape index (κ3) is 1.88. The van der Waals surface area contributed by atoms with E-state index in [-0.39, 0.29) is 11.5 Å². The quantitative estimate of drug-likeness (QED) is 0.729. The van der Waals surface area contributed by atoms with Crippen LogP contribution in [0.2, 0.25) is 0 Å². The van der Waals surface area contributed by atoms with Crippen molar-refractivity contribution in [2.45, 2.75) is 13.8 Å². The topological polar surface area (TPSA) is 50.4 Å². The van der Waals surface area contributed by atoms with Crippen molar-refractivity contribution >= 4 is 11.0 Å². The maximum atomic E-state index is 12.3. The lowest BCUT2D eigenvalue weighted by atomic mass is 10.1. The molecule has 3 rings (SSSR count). The van der Waals surface area contributed by atoms with Crippen LogP contribution in [0.1, 0.15) is 11.1 Å². The van der Waals surface area contributed by atoms with Crippen LogP contribution in [-0.2, 0) is 0 Å². The Bertz CT molecular complexity index is 845. The largest absolute Gasteiger partial charge is 0.502 e. The molecule has 0 fully saturated rings. The maximum Gasteiger partial charge on any atom is 0.235 e. The van der Waals surface area contributed by atoms with E-state index in [1.807, 2.05) is 38.1 Å². The van der Waals surface area contributed by atoms with E-state index in [4.69, 9.17) is 4.42 Å². The smallest absolute Gasteiger partial charge is 0.235 e. The van der Waals surface area contributed by atoms with Crippen LogP contribution in [0, 0.1) is 13.8 Å². The number of hydrogen-bond donors (Lipinski definition) is 1. The van der Waals surface area contributed by atoms with Crippen molar-refractivity contribution < 1.29 is 9.52 Å². The fraction of sp³-hybridized carbons (Fsp3) is 0.118. The van der Waals surface area contributed by atoms with Gasteiger partial charge in [0.1, 0.15) is 5.58 Å². The third-order valence-electron chi connectivity index (χ3n) is 3.52. The average molecular weight is 266 g/mol. The summed E-state index contributed by atoms with van der Waals surface area (Å²) < 4.78 is 5.75. The number of rotatable bonds is 1. The van der Waals surface area contributed by atoms with Crippen LogP contribution in [0.3, 0.4) is 0 Å². The van der Waals surface area contributed by atoms with Gasteiger partial charge in [0.25, 0.3) is 0 Å². The van der Waals surface area contributed by atoms with Crippen molar-refractivity contribution in [2.24, 2.45) is 0 Å². The molecule has 0 bridgehead atoms. The van der Waals surface area contributed by atoms with E-state index in [1.54, 1.807) is 18.2 Å². The highest BCUT2D eigenvalue weighted by Gasteiger charge is 2.15. The van der Waals surface area contributed by atoms with Gasteiger partial charge in [0.05, 0.1) is 5.39 Å². The average Bonchev–Trinajstić information content (AvgIpc) is 2.46. The van der Waals surface area contributed by atoms with Crippen LogP contribution in [0.4, 0.5) is 0 Å². The SMILES string of the molecule is Cc1cc2oc(-c3ccccc3)c(O)c(=O)c2cc1C. The standard InChI is InChI=1S/C17H14O3/c1-10-8-13-14(9-11(10)2)20-17(16(19)15(13)18)12-6-4-3-5-7-12/h3-9,19H,1-2H3. The van der Waals surface area contributed by atoms with Crippen molar-refractivity contribution in [1.29, 1.82) is 0 Å². The highest BCUT2D eigenvalue weighted by Crippen LogP contribution is 2.30. The molecule has 1 aromatic heterocycles. The molecular formula is C17H14O3. The van der Waals surface area contributed by atoms with Crippen LogP contribution in [-0.4, -0.2) is 5.11 Å². The summed E-state index contributed by atoms with van der Waals surface area (Å²) in [5.41, 5.74) is 2.83. The molecule has 0 atom stereocenters. The minimum atomic E-state index is -0.395. The number of aromatic hydroxyl groups is 1. The first-order valence-electron chi connectivity index (χ1n) is 6.40. The highest BCUT2D eigenvalue weighted by atomic mass is 16.4. The molecule has 0 radical (unpaired) electrons. The summed E-state index contributed by atoms with van der Waals surface area (Å²) in [4.78, 5) is 12.3. The fourth-order valence-corrected chi connectivity index (χ4v) is 2.23. The summed E-state index contributed by atoms with van der Waals surface area (Å²) in [5.74, 6) is -0.127. The van der Waals surface area contributed by atoms with E-state index in [0.717, 1.165) is 11.1 Å². The minimum Gasteiger partial charge on any atom is -0.502 e. The first-order valence-corrected chi connectivity index (χ1v) is 6.40. The predicted octanol–water partition coefficient (Wildman–Crippen LogP) is 3.78. The maximum absolute atomic E-state index is 12.3. The Morgan fingerprint density at radius 2 is 1.65 bits per heavy atom. The zero-order chi connectivity index (χ0) is 14.3. The van der Waals surface area contributed by atoms with Gasteiger partial charge in [0.2, 0.25) is 11.2 Å². The zero-order valence-corrected chi connectivity index (χ0v) is 11.3. The number of aryl methyl sites for hydroxylation is 2. The van der Waals surface area contributed by atoms with Gasteiger partial charge >= 0.3 is 0 Å². The highest BCUT2D eigenvalue weighted by molar-refractivity contribution is 5.83. The molecular weight excluding hydrogens is 252 g/mol. The van der Waals surface area contributed by atoms with Gasteiger partial charge in [-0.2, -0.15) is 0 Å². The Kier molecular flexibility index (Phi) is 2.83. The predicted molar refractivity (Wildman–Crippen MR) is 79.1 cm³/mol. The minimum absolute atomic E-state index is 0.214. The van der Waals surface area contributed by atoms with Crippen molar-refractivity contribution in [3.63, 3.8) is 0 Å². The molecule has 3 nitrogen and oxygen atoms in total. The third-order valence-corrected chi connectivity index (χ3v) is 3.52. The first-order chi connectivity index (χ1) is 9.58. The molecule has 0 saturated carbocycles. The molecule has 0 unspecified atom stereocenters. The summed E-state index contributed by atoms with van der Waals surface area (Å²) in [7, 11) is 0. The molecule has 0 amide bonds. The zero-order valence-electron chi connectivity index (χ0n) is 11.3. The van der Waals surface area contributed by atoms with Gasteiger partial charge in [-0.1, -0.05) is 30.3 Å². The van der Waals surface area contributed by atoms with Crippen LogP contribution < -0.4 is 5.43 Å². The van der Waals surface area contributed by atoms with Crippen LogP contribution >= 0.6 is 0 Å². The Hall–Kier alpha value is -2.55. The van der Waals surface area contributed by atoms with E-state index in [9.17, 15) is 9.90 Å². The van der Waals surface area contributed by atoms with E-state index in [1.165, 1.54) is 0 Å². The fourth-order valence-electron chi connectivity index (χ4n) is 2.23. The molecule has 3 aromatic rings. The monoisotopic (exact) mass is 266 g/mol. The van der Waals surface area contributed by atoms with Crippen molar-refractivity contribution in [3.05, 3.63) is 63.8 Å². The molecule has 1 heterocycles. The van der Waals surface area contributed by atoms with Gasteiger partial charge in [-0.25, -0.2) is 0 Å². The Labute approximate surface area is 116 Å². The second-order valence-corrected chi connectivity index (χ2v) is 4.91. The van der Waals surface area contributed by atoms with Gasteiger partial charge in [0.15, 0.2) is 5.76 Å². The van der Waals surface area contributed by atoms with Crippen LogP contribution in [0.15, 0.2) is 51.7 Å². The summed E-state index contributed by atoms with van der Waals surface area (Å²) in [6, 6.07) is 12.7. The number of fused-ring (bicyclic) bond motifs is 1. The van der Waals surface area contributed by atoms with E-state index < -0.39 is 5.43 Å². The lowest BCUT2D eigenvalue weighted by molar-refractivity contribution is 0.449. The summed E-state index contributed by atoms with van der Waals surface area (Å²) in [6.45, 7) is 3.89. The van der Waals surface area contributed by atoms with Crippen LogP contribution in [0.25, 0.3) is 22.3 Å². The van der Waals surface area contributed by atoms with Crippen molar-refractivity contribution in [3.8, 4) is 17.1 Å². The summed E-state index contributed by atoms with van der Waals surface area (Å²) in [6.07, 6.45) is 0.